The van der Waals surface area contributed by atoms with Crippen LogP contribution < -0.4 is 28.7 Å². The maximum atomic E-state index is 6.19. The number of para-hydroxylation sites is 2. The first-order valence-electron chi connectivity index (χ1n) is 21.4. The van der Waals surface area contributed by atoms with Crippen molar-refractivity contribution < 1.29 is 18.9 Å². The maximum absolute atomic E-state index is 6.19. The van der Waals surface area contributed by atoms with E-state index in [1.165, 1.54) is 11.1 Å². The molecule has 2 aliphatic heterocycles. The first kappa shape index (κ1) is 46.4. The summed E-state index contributed by atoms with van der Waals surface area (Å²) in [5.74, 6) is 4.61. The monoisotopic (exact) mass is 1040 g/mol. The summed E-state index contributed by atoms with van der Waals surface area (Å²) in [6.45, 7) is 0. The number of rotatable bonds is 13. The highest BCUT2D eigenvalue weighted by molar-refractivity contribution is 8.24. The summed E-state index contributed by atoms with van der Waals surface area (Å²) in [5.41, 5.74) is 8.50. The van der Waals surface area contributed by atoms with E-state index in [0.29, 0.717) is 23.0 Å². The van der Waals surface area contributed by atoms with Gasteiger partial charge in [0.2, 0.25) is 0 Å². The summed E-state index contributed by atoms with van der Waals surface area (Å²) >= 11 is 31.3. The van der Waals surface area contributed by atoms with Crippen molar-refractivity contribution in [3.05, 3.63) is 186 Å². The first-order valence-corrected chi connectivity index (χ1v) is 26.5. The van der Waals surface area contributed by atoms with Crippen molar-refractivity contribution in [3.8, 4) is 34.4 Å². The van der Waals surface area contributed by atoms with Gasteiger partial charge >= 0.3 is 0 Å². The number of ether oxygens (including phenoxy) is 4. The lowest BCUT2D eigenvalue weighted by Gasteiger charge is -2.34. The molecule has 10 rings (SSSR count). The van der Waals surface area contributed by atoms with Crippen LogP contribution >= 0.6 is 95.1 Å². The summed E-state index contributed by atoms with van der Waals surface area (Å²) in [7, 11) is 6.61. The van der Waals surface area contributed by atoms with Gasteiger partial charge in [-0.3, -0.25) is 18.9 Å². The number of aryl methyl sites for hydroxylation is 2. The smallest absolute Gasteiger partial charge is 0.167 e. The van der Waals surface area contributed by atoms with Gasteiger partial charge in [0.25, 0.3) is 0 Å². The number of thiazole rings is 2. The van der Waals surface area contributed by atoms with Gasteiger partial charge in [0, 0.05) is 22.7 Å². The van der Waals surface area contributed by atoms with Crippen LogP contribution in [0, 0.1) is 7.91 Å². The second-order valence-electron chi connectivity index (χ2n) is 15.7. The van der Waals surface area contributed by atoms with Crippen molar-refractivity contribution in [2.24, 2.45) is 0 Å². The molecule has 0 spiro atoms. The minimum atomic E-state index is -0.0858. The zero-order valence-electron chi connectivity index (χ0n) is 37.1. The Bertz CT molecular complexity index is 3080. The highest BCUT2D eigenvalue weighted by atomic mass is 32.2. The van der Waals surface area contributed by atoms with Crippen LogP contribution in [-0.4, -0.2) is 46.2 Å². The third-order valence-electron chi connectivity index (χ3n) is 11.9. The van der Waals surface area contributed by atoms with Gasteiger partial charge in [-0.1, -0.05) is 121 Å². The molecule has 0 saturated heterocycles. The highest BCUT2D eigenvalue weighted by Gasteiger charge is 2.39. The molecule has 0 saturated carbocycles. The quantitative estimate of drug-likeness (QED) is 0.103. The van der Waals surface area contributed by atoms with Gasteiger partial charge in [-0.05, 0) is 132 Å². The van der Waals surface area contributed by atoms with Crippen LogP contribution in [0.3, 0.4) is 0 Å². The van der Waals surface area contributed by atoms with Crippen LogP contribution in [0.25, 0.3) is 11.4 Å². The van der Waals surface area contributed by atoms with E-state index in [1.54, 1.807) is 74.6 Å². The molecule has 6 aromatic carbocycles. The molecule has 0 fully saturated rings. The Morgan fingerprint density at radius 3 is 1.15 bits per heavy atom. The number of fused-ring (bicyclic) bond motifs is 2. The van der Waals surface area contributed by atoms with Gasteiger partial charge in [0.1, 0.15) is 20.3 Å². The molecule has 16 heteroatoms. The third kappa shape index (κ3) is 8.70. The van der Waals surface area contributed by atoms with E-state index in [4.69, 9.17) is 67.8 Å². The first-order chi connectivity index (χ1) is 33.2. The third-order valence-corrected chi connectivity index (χ3v) is 18.2. The second kappa shape index (κ2) is 20.0. The summed E-state index contributed by atoms with van der Waals surface area (Å²) < 4.78 is 29.8. The van der Waals surface area contributed by atoms with Crippen molar-refractivity contribution in [3.63, 3.8) is 0 Å². The molecule has 2 aliphatic rings. The van der Waals surface area contributed by atoms with Crippen molar-refractivity contribution in [1.29, 1.82) is 0 Å². The average molecular weight is 1040 g/mol. The highest BCUT2D eigenvalue weighted by Crippen LogP contribution is 2.55. The minimum absolute atomic E-state index is 0.0858. The number of hydrogen-bond donors (Lipinski definition) is 0. The van der Waals surface area contributed by atoms with E-state index in [1.807, 2.05) is 60.7 Å². The average Bonchev–Trinajstić information content (AvgIpc) is 3.91. The predicted octanol–water partition coefficient (Wildman–Crippen LogP) is 15.2. The standard InChI is InChI=1S/C52H42N4O4S8/c1-57-39-27-21-33(29-41(39)59-3)43-45-47(53(49(61)65-43)35-11-7-5-8-12-35)55(51(63)67-45)37-23-17-31(18-24-37)15-16-32-19-25-38(26-20-32)56-48-46(68-52(56)64)44(34-22-28-40(58-2)42(30-34)60-4)66-50(62)54(48)36-13-9-6-10-14-36/h5-14,17-30,43-44H,15-16H2,1-4H3/t43-,44-/m1/s1. The Hall–Kier alpha value is -5.30. The Kier molecular flexibility index (Phi) is 13.6. The fourth-order valence-electron chi connectivity index (χ4n) is 8.56. The van der Waals surface area contributed by atoms with Crippen LogP contribution in [-0.2, 0) is 12.8 Å². The maximum Gasteiger partial charge on any atom is 0.167 e. The Labute approximate surface area is 432 Å². The molecule has 2 atom stereocenters. The van der Waals surface area contributed by atoms with Crippen LogP contribution in [0.15, 0.2) is 146 Å². The van der Waals surface area contributed by atoms with Gasteiger partial charge in [0.05, 0.1) is 48.7 Å². The number of benzene rings is 6. The van der Waals surface area contributed by atoms with E-state index < -0.39 is 0 Å². The molecule has 0 bridgehead atoms. The molecule has 8 nitrogen and oxygen atoms in total. The summed E-state index contributed by atoms with van der Waals surface area (Å²) in [6, 6.07) is 50.1. The van der Waals surface area contributed by atoms with E-state index in [-0.39, 0.29) is 10.5 Å². The fraction of sp³-hybridized carbons (Fsp3) is 0.154. The molecule has 342 valence electrons. The zero-order valence-corrected chi connectivity index (χ0v) is 43.6. The lowest BCUT2D eigenvalue weighted by molar-refractivity contribution is 0.354. The Morgan fingerprint density at radius 1 is 0.426 bits per heavy atom. The number of thiocarbonyl (C=S) groups is 2. The number of anilines is 4. The van der Waals surface area contributed by atoms with Gasteiger partial charge in [-0.2, -0.15) is 0 Å². The van der Waals surface area contributed by atoms with Crippen molar-refractivity contribution >= 4 is 127 Å². The second-order valence-corrected chi connectivity index (χ2v) is 22.5. The van der Waals surface area contributed by atoms with Gasteiger partial charge < -0.3 is 18.9 Å². The number of thioether (sulfide) groups is 2. The molecule has 4 heterocycles. The molecule has 2 aromatic heterocycles. The van der Waals surface area contributed by atoms with Crippen molar-refractivity contribution in [2.45, 2.75) is 23.3 Å². The lowest BCUT2D eigenvalue weighted by Crippen LogP contribution is -2.29. The SMILES string of the molecule is COc1ccc([C@H]2SC(=S)N(c3ccccc3)c3c2sc(=S)n3-c2ccc(CCc3ccc(-n4c5c(sc4=S)[C@@H](c4ccc(OC)c(OC)c4)SC(=S)N5c4ccccc4)cc3)cc2)cc1OC. The van der Waals surface area contributed by atoms with Gasteiger partial charge in [-0.25, -0.2) is 0 Å². The normalized spacial score (nSPS) is 15.5. The van der Waals surface area contributed by atoms with Gasteiger partial charge in [0.15, 0.2) is 30.9 Å². The van der Waals surface area contributed by atoms with Crippen molar-refractivity contribution in [1.82, 2.24) is 9.13 Å². The van der Waals surface area contributed by atoms with E-state index >= 15 is 0 Å². The van der Waals surface area contributed by atoms with E-state index in [0.717, 1.165) is 84.7 Å². The minimum Gasteiger partial charge on any atom is -0.493 e. The largest absolute Gasteiger partial charge is 0.493 e. The molecule has 68 heavy (non-hydrogen) atoms. The van der Waals surface area contributed by atoms with E-state index in [2.05, 4.69) is 104 Å². The molecular weight excluding hydrogens is 1000 g/mol. The van der Waals surface area contributed by atoms with Gasteiger partial charge in [-0.15, -0.1) is 22.7 Å². The fourth-order valence-corrected chi connectivity index (χ4v) is 15.0. The summed E-state index contributed by atoms with van der Waals surface area (Å²) in [5, 5.41) is -0.172. The predicted molar refractivity (Wildman–Crippen MR) is 297 cm³/mol. The van der Waals surface area contributed by atoms with Crippen molar-refractivity contribution in [2.75, 3.05) is 38.2 Å². The van der Waals surface area contributed by atoms with Crippen LogP contribution in [0.4, 0.5) is 23.0 Å². The number of hydrogen-bond acceptors (Lipinski definition) is 12. The Morgan fingerprint density at radius 2 is 0.794 bits per heavy atom. The van der Waals surface area contributed by atoms with Crippen LogP contribution in [0.5, 0.6) is 23.0 Å². The van der Waals surface area contributed by atoms with Crippen LogP contribution in [0.2, 0.25) is 0 Å². The molecule has 0 N–H and O–H groups in total. The summed E-state index contributed by atoms with van der Waals surface area (Å²) in [6.07, 6.45) is 1.72. The molecule has 8 aromatic rings. The number of nitrogens with zero attached hydrogens (tertiary/aromatic N) is 4. The molecule has 0 unspecified atom stereocenters. The van der Waals surface area contributed by atoms with E-state index in [9.17, 15) is 0 Å². The lowest BCUT2D eigenvalue weighted by atomic mass is 10.0. The summed E-state index contributed by atoms with van der Waals surface area (Å²) in [4.78, 5) is 6.54. The topological polar surface area (TPSA) is 53.3 Å². The van der Waals surface area contributed by atoms with Crippen LogP contribution in [0.1, 0.15) is 42.5 Å². The zero-order chi connectivity index (χ0) is 47.1. The molecule has 0 radical (unpaired) electrons. The molecule has 0 amide bonds. The molecular formula is C52H42N4O4S8. The number of aromatic nitrogens is 2. The Balaban J connectivity index is 0.931. The number of methoxy groups -OCH3 is 4. The molecule has 0 aliphatic carbocycles.